The van der Waals surface area contributed by atoms with E-state index in [1.807, 2.05) is 12.1 Å². The van der Waals surface area contributed by atoms with E-state index in [9.17, 15) is 4.79 Å². The molecule has 140 valence electrons. The van der Waals surface area contributed by atoms with E-state index in [0.717, 1.165) is 14.6 Å². The summed E-state index contributed by atoms with van der Waals surface area (Å²) in [7, 11) is 3.08. The van der Waals surface area contributed by atoms with Gasteiger partial charge in [-0.2, -0.15) is 0 Å². The Hall–Kier alpha value is -2.10. The fourth-order valence-corrected chi connectivity index (χ4v) is 4.12. The fraction of sp³-hybridized carbons (Fsp3) is 0.167. The summed E-state index contributed by atoms with van der Waals surface area (Å²) in [5.74, 6) is 1.57. The Bertz CT molecular complexity index is 910. The molecule has 0 bridgehead atoms. The number of nitrogens with one attached hydrogen (secondary N) is 1. The third-order valence-corrected chi connectivity index (χ3v) is 6.09. The topological polar surface area (TPSA) is 73.3 Å². The SMILES string of the molecule is COc1cc(OC)cc(C(=O)Nc2nnc(SCc3ccc(Br)cc3)s2)c1. The number of halogens is 1. The number of aromatic nitrogens is 2. The molecule has 0 atom stereocenters. The Kier molecular flexibility index (Phi) is 6.70. The van der Waals surface area contributed by atoms with Gasteiger partial charge in [-0.3, -0.25) is 10.1 Å². The van der Waals surface area contributed by atoms with E-state index < -0.39 is 0 Å². The van der Waals surface area contributed by atoms with Crippen LogP contribution in [0.1, 0.15) is 15.9 Å². The summed E-state index contributed by atoms with van der Waals surface area (Å²) in [5.41, 5.74) is 1.61. The van der Waals surface area contributed by atoms with Crippen LogP contribution in [0.2, 0.25) is 0 Å². The highest BCUT2D eigenvalue weighted by molar-refractivity contribution is 9.10. The molecule has 6 nitrogen and oxygen atoms in total. The molecule has 1 N–H and O–H groups in total. The molecule has 0 spiro atoms. The highest BCUT2D eigenvalue weighted by atomic mass is 79.9. The van der Waals surface area contributed by atoms with Crippen LogP contribution in [0.25, 0.3) is 0 Å². The lowest BCUT2D eigenvalue weighted by Gasteiger charge is -2.07. The molecule has 0 aliphatic heterocycles. The first kappa shape index (κ1) is 19.7. The van der Waals surface area contributed by atoms with E-state index in [1.165, 1.54) is 31.1 Å². The number of hydrogen-bond donors (Lipinski definition) is 1. The zero-order valence-electron chi connectivity index (χ0n) is 14.6. The van der Waals surface area contributed by atoms with Crippen LogP contribution in [0.5, 0.6) is 11.5 Å². The number of ether oxygens (including phenoxy) is 2. The van der Waals surface area contributed by atoms with Crippen LogP contribution < -0.4 is 14.8 Å². The monoisotopic (exact) mass is 465 g/mol. The van der Waals surface area contributed by atoms with Crippen molar-refractivity contribution in [2.75, 3.05) is 19.5 Å². The molecule has 1 aromatic heterocycles. The summed E-state index contributed by atoms with van der Waals surface area (Å²) in [6, 6.07) is 13.1. The van der Waals surface area contributed by atoms with Gasteiger partial charge in [0.25, 0.3) is 5.91 Å². The molecule has 1 heterocycles. The van der Waals surface area contributed by atoms with Gasteiger partial charge in [-0.15, -0.1) is 10.2 Å². The van der Waals surface area contributed by atoms with E-state index in [1.54, 1.807) is 30.0 Å². The van der Waals surface area contributed by atoms with E-state index >= 15 is 0 Å². The second kappa shape index (κ2) is 9.20. The van der Waals surface area contributed by atoms with Crippen molar-refractivity contribution in [3.05, 3.63) is 58.1 Å². The Labute approximate surface area is 173 Å². The van der Waals surface area contributed by atoms with Crippen LogP contribution in [-0.4, -0.2) is 30.3 Å². The van der Waals surface area contributed by atoms with Crippen molar-refractivity contribution in [1.82, 2.24) is 10.2 Å². The molecule has 0 fully saturated rings. The number of rotatable bonds is 7. The van der Waals surface area contributed by atoms with Gasteiger partial charge in [-0.25, -0.2) is 0 Å². The van der Waals surface area contributed by atoms with Gasteiger partial charge in [0.15, 0.2) is 4.34 Å². The van der Waals surface area contributed by atoms with Crippen molar-refractivity contribution in [1.29, 1.82) is 0 Å². The molecule has 0 unspecified atom stereocenters. The second-order valence-corrected chi connectivity index (χ2v) is 8.46. The Balaban J connectivity index is 1.63. The van der Waals surface area contributed by atoms with Gasteiger partial charge in [0.2, 0.25) is 5.13 Å². The zero-order chi connectivity index (χ0) is 19.2. The number of thioether (sulfide) groups is 1. The molecule has 2 aromatic carbocycles. The maximum Gasteiger partial charge on any atom is 0.257 e. The van der Waals surface area contributed by atoms with Crippen LogP contribution in [-0.2, 0) is 5.75 Å². The highest BCUT2D eigenvalue weighted by Crippen LogP contribution is 2.29. The lowest BCUT2D eigenvalue weighted by atomic mass is 10.2. The van der Waals surface area contributed by atoms with E-state index in [2.05, 4.69) is 43.6 Å². The molecule has 0 aliphatic rings. The van der Waals surface area contributed by atoms with Crippen molar-refractivity contribution in [2.24, 2.45) is 0 Å². The third kappa shape index (κ3) is 5.44. The van der Waals surface area contributed by atoms with Crippen LogP contribution in [0, 0.1) is 0 Å². The highest BCUT2D eigenvalue weighted by Gasteiger charge is 2.13. The molecule has 0 saturated heterocycles. The lowest BCUT2D eigenvalue weighted by molar-refractivity contribution is 0.102. The van der Waals surface area contributed by atoms with Gasteiger partial charge in [-0.05, 0) is 29.8 Å². The average Bonchev–Trinajstić information content (AvgIpc) is 3.14. The number of anilines is 1. The molecule has 9 heteroatoms. The zero-order valence-corrected chi connectivity index (χ0v) is 17.8. The molecule has 3 rings (SSSR count). The largest absolute Gasteiger partial charge is 0.497 e. The summed E-state index contributed by atoms with van der Waals surface area (Å²) >= 11 is 6.33. The Morgan fingerprint density at radius 1 is 1.11 bits per heavy atom. The molecule has 3 aromatic rings. The van der Waals surface area contributed by atoms with Crippen LogP contribution >= 0.6 is 39.0 Å². The first-order valence-electron chi connectivity index (χ1n) is 7.82. The smallest absolute Gasteiger partial charge is 0.257 e. The predicted octanol–water partition coefficient (Wildman–Crippen LogP) is 4.86. The van der Waals surface area contributed by atoms with Crippen molar-refractivity contribution in [3.8, 4) is 11.5 Å². The van der Waals surface area contributed by atoms with E-state index in [4.69, 9.17) is 9.47 Å². The number of benzene rings is 2. The van der Waals surface area contributed by atoms with Gasteiger partial charge >= 0.3 is 0 Å². The van der Waals surface area contributed by atoms with Gasteiger partial charge in [-0.1, -0.05) is 51.2 Å². The van der Waals surface area contributed by atoms with E-state index in [0.29, 0.717) is 22.2 Å². The standard InChI is InChI=1S/C18H16BrN3O3S2/c1-24-14-7-12(8-15(9-14)25-2)16(23)20-17-21-22-18(27-17)26-10-11-3-5-13(19)6-4-11/h3-9H,10H2,1-2H3,(H,20,21,23). The number of carbonyl (C=O) groups is 1. The minimum Gasteiger partial charge on any atom is -0.497 e. The second-order valence-electron chi connectivity index (χ2n) is 5.34. The number of methoxy groups -OCH3 is 2. The molecular weight excluding hydrogens is 450 g/mol. The molecule has 0 aliphatic carbocycles. The minimum absolute atomic E-state index is 0.298. The van der Waals surface area contributed by atoms with Crippen LogP contribution in [0.4, 0.5) is 5.13 Å². The quantitative estimate of drug-likeness (QED) is 0.396. The van der Waals surface area contributed by atoms with Gasteiger partial charge in [0.05, 0.1) is 14.2 Å². The Morgan fingerprint density at radius 2 is 1.78 bits per heavy atom. The summed E-state index contributed by atoms with van der Waals surface area (Å²) in [6.07, 6.45) is 0. The number of hydrogen-bond acceptors (Lipinski definition) is 7. The number of amides is 1. The fourth-order valence-electron chi connectivity index (χ4n) is 2.15. The molecule has 0 radical (unpaired) electrons. The average molecular weight is 466 g/mol. The van der Waals surface area contributed by atoms with Crippen molar-refractivity contribution in [3.63, 3.8) is 0 Å². The maximum absolute atomic E-state index is 12.5. The first-order valence-corrected chi connectivity index (χ1v) is 10.4. The van der Waals surface area contributed by atoms with Crippen molar-refractivity contribution < 1.29 is 14.3 Å². The van der Waals surface area contributed by atoms with Crippen molar-refractivity contribution in [2.45, 2.75) is 10.1 Å². The number of carbonyl (C=O) groups excluding carboxylic acids is 1. The van der Waals surface area contributed by atoms with Gasteiger partial charge in [0, 0.05) is 21.9 Å². The summed E-state index contributed by atoms with van der Waals surface area (Å²) in [4.78, 5) is 12.5. The van der Waals surface area contributed by atoms with Gasteiger partial charge < -0.3 is 9.47 Å². The van der Waals surface area contributed by atoms with E-state index in [-0.39, 0.29) is 5.91 Å². The molecular formula is C18H16BrN3O3S2. The Morgan fingerprint density at radius 3 is 2.41 bits per heavy atom. The van der Waals surface area contributed by atoms with Crippen molar-refractivity contribution >= 4 is 50.1 Å². The third-order valence-electron chi connectivity index (χ3n) is 3.52. The minimum atomic E-state index is -0.298. The summed E-state index contributed by atoms with van der Waals surface area (Å²) < 4.78 is 12.2. The molecule has 27 heavy (non-hydrogen) atoms. The molecule has 1 amide bonds. The lowest BCUT2D eigenvalue weighted by Crippen LogP contribution is -2.12. The predicted molar refractivity (Wildman–Crippen MR) is 111 cm³/mol. The summed E-state index contributed by atoms with van der Waals surface area (Å²) in [6.45, 7) is 0. The summed E-state index contributed by atoms with van der Waals surface area (Å²) in [5, 5.41) is 11.4. The molecule has 0 saturated carbocycles. The van der Waals surface area contributed by atoms with Gasteiger partial charge in [0.1, 0.15) is 11.5 Å². The van der Waals surface area contributed by atoms with Crippen LogP contribution in [0.15, 0.2) is 51.3 Å². The number of nitrogens with zero attached hydrogens (tertiary/aromatic N) is 2. The first-order chi connectivity index (χ1) is 13.1. The maximum atomic E-state index is 12.5. The van der Waals surface area contributed by atoms with Crippen LogP contribution in [0.3, 0.4) is 0 Å². The normalized spacial score (nSPS) is 10.5.